The Kier molecular flexibility index (Phi) is 2.81. The molecule has 0 spiro atoms. The van der Waals surface area contributed by atoms with Crippen molar-refractivity contribution in [3.05, 3.63) is 28.8 Å². The van der Waals surface area contributed by atoms with Gasteiger partial charge in [-0.1, -0.05) is 23.7 Å². The number of hydrogen-bond acceptors (Lipinski definition) is 3. The Balaban J connectivity index is 3.22. The summed E-state index contributed by atoms with van der Waals surface area (Å²) in [5, 5.41) is 9.89. The SMILES string of the molecule is CC(C)(ON)c1cccc(Cl)c1O. The van der Waals surface area contributed by atoms with Gasteiger partial charge in [0.15, 0.2) is 0 Å². The predicted molar refractivity (Wildman–Crippen MR) is 51.4 cm³/mol. The Labute approximate surface area is 82.0 Å². The zero-order chi connectivity index (χ0) is 10.1. The van der Waals surface area contributed by atoms with E-state index in [1.807, 2.05) is 0 Å². The standard InChI is InChI=1S/C9H12ClNO2/c1-9(2,13-11)6-4-3-5-7(10)8(6)12/h3-5,12H,11H2,1-2H3. The van der Waals surface area contributed by atoms with Crippen LogP contribution in [-0.2, 0) is 10.4 Å². The number of phenols is 1. The monoisotopic (exact) mass is 201 g/mol. The molecule has 0 aliphatic heterocycles. The number of aromatic hydroxyl groups is 1. The first kappa shape index (κ1) is 10.3. The Hall–Kier alpha value is -0.770. The van der Waals surface area contributed by atoms with Crippen LogP contribution in [0.5, 0.6) is 5.75 Å². The molecular weight excluding hydrogens is 190 g/mol. The first-order valence-corrected chi connectivity index (χ1v) is 4.22. The third kappa shape index (κ3) is 1.94. The minimum Gasteiger partial charge on any atom is -0.506 e. The van der Waals surface area contributed by atoms with Crippen molar-refractivity contribution in [3.8, 4) is 5.75 Å². The van der Waals surface area contributed by atoms with E-state index in [0.29, 0.717) is 10.6 Å². The molecule has 3 N–H and O–H groups in total. The topological polar surface area (TPSA) is 55.5 Å². The summed E-state index contributed by atoms with van der Waals surface area (Å²) in [4.78, 5) is 4.74. The van der Waals surface area contributed by atoms with Crippen molar-refractivity contribution in [2.24, 2.45) is 5.90 Å². The van der Waals surface area contributed by atoms with E-state index in [1.165, 1.54) is 0 Å². The third-order valence-electron chi connectivity index (χ3n) is 1.93. The fourth-order valence-electron chi connectivity index (χ4n) is 1.06. The van der Waals surface area contributed by atoms with Crippen molar-refractivity contribution in [3.63, 3.8) is 0 Å². The molecule has 1 rings (SSSR count). The molecule has 0 aliphatic carbocycles. The highest BCUT2D eigenvalue weighted by Crippen LogP contribution is 2.35. The summed E-state index contributed by atoms with van der Waals surface area (Å²) >= 11 is 5.73. The molecule has 0 aromatic heterocycles. The molecule has 13 heavy (non-hydrogen) atoms. The maximum atomic E-state index is 9.60. The van der Waals surface area contributed by atoms with E-state index in [0.717, 1.165) is 0 Å². The lowest BCUT2D eigenvalue weighted by molar-refractivity contribution is -0.0250. The number of hydrogen-bond donors (Lipinski definition) is 2. The van der Waals surface area contributed by atoms with Crippen molar-refractivity contribution < 1.29 is 9.94 Å². The molecule has 0 amide bonds. The second kappa shape index (κ2) is 3.54. The van der Waals surface area contributed by atoms with Crippen LogP contribution in [0.4, 0.5) is 0 Å². The first-order valence-electron chi connectivity index (χ1n) is 3.85. The molecule has 0 saturated carbocycles. The van der Waals surface area contributed by atoms with Crippen LogP contribution < -0.4 is 5.90 Å². The van der Waals surface area contributed by atoms with E-state index in [1.54, 1.807) is 32.0 Å². The van der Waals surface area contributed by atoms with E-state index in [2.05, 4.69) is 0 Å². The molecular formula is C9H12ClNO2. The molecule has 1 aromatic rings. The summed E-state index contributed by atoms with van der Waals surface area (Å²) in [6, 6.07) is 5.05. The Morgan fingerprint density at radius 1 is 1.46 bits per heavy atom. The Morgan fingerprint density at radius 2 is 2.08 bits per heavy atom. The predicted octanol–water partition coefficient (Wildman–Crippen LogP) is 2.17. The van der Waals surface area contributed by atoms with Gasteiger partial charge in [0.05, 0.1) is 5.02 Å². The third-order valence-corrected chi connectivity index (χ3v) is 2.24. The maximum absolute atomic E-state index is 9.60. The van der Waals surface area contributed by atoms with Crippen molar-refractivity contribution in [1.82, 2.24) is 0 Å². The van der Waals surface area contributed by atoms with E-state index in [-0.39, 0.29) is 5.75 Å². The van der Waals surface area contributed by atoms with Crippen LogP contribution in [0.2, 0.25) is 5.02 Å². The van der Waals surface area contributed by atoms with Crippen molar-refractivity contribution in [2.75, 3.05) is 0 Å². The summed E-state index contributed by atoms with van der Waals surface area (Å²) in [6.45, 7) is 3.50. The minimum absolute atomic E-state index is 0.0135. The molecule has 0 atom stereocenters. The molecule has 0 unspecified atom stereocenters. The van der Waals surface area contributed by atoms with Crippen molar-refractivity contribution >= 4 is 11.6 Å². The zero-order valence-electron chi connectivity index (χ0n) is 7.54. The smallest absolute Gasteiger partial charge is 0.140 e. The molecule has 0 aliphatic rings. The van der Waals surface area contributed by atoms with Crippen LogP contribution in [0, 0.1) is 0 Å². The highest BCUT2D eigenvalue weighted by atomic mass is 35.5. The zero-order valence-corrected chi connectivity index (χ0v) is 8.30. The highest BCUT2D eigenvalue weighted by Gasteiger charge is 2.24. The average molecular weight is 202 g/mol. The molecule has 0 heterocycles. The Morgan fingerprint density at radius 3 is 2.62 bits per heavy atom. The maximum Gasteiger partial charge on any atom is 0.140 e. The van der Waals surface area contributed by atoms with Gasteiger partial charge in [0, 0.05) is 5.56 Å². The molecule has 72 valence electrons. The van der Waals surface area contributed by atoms with Gasteiger partial charge in [-0.25, -0.2) is 5.90 Å². The molecule has 1 aromatic carbocycles. The lowest BCUT2D eigenvalue weighted by Crippen LogP contribution is -2.25. The number of halogens is 1. The average Bonchev–Trinajstić information content (AvgIpc) is 2.09. The highest BCUT2D eigenvalue weighted by molar-refractivity contribution is 6.32. The molecule has 0 saturated heterocycles. The van der Waals surface area contributed by atoms with Crippen molar-refractivity contribution in [1.29, 1.82) is 0 Å². The second-order valence-electron chi connectivity index (χ2n) is 3.26. The summed E-state index contributed by atoms with van der Waals surface area (Å²) in [5.74, 6) is 5.12. The van der Waals surface area contributed by atoms with E-state index >= 15 is 0 Å². The fraction of sp³-hybridized carbons (Fsp3) is 0.333. The quantitative estimate of drug-likeness (QED) is 0.722. The molecule has 3 nitrogen and oxygen atoms in total. The summed E-state index contributed by atoms with van der Waals surface area (Å²) < 4.78 is 0. The molecule has 0 fully saturated rings. The summed E-state index contributed by atoms with van der Waals surface area (Å²) in [7, 11) is 0. The fourth-order valence-corrected chi connectivity index (χ4v) is 1.24. The van der Waals surface area contributed by atoms with Crippen LogP contribution in [-0.4, -0.2) is 5.11 Å². The number of rotatable bonds is 2. The van der Waals surface area contributed by atoms with Crippen LogP contribution in [0.3, 0.4) is 0 Å². The van der Waals surface area contributed by atoms with E-state index in [4.69, 9.17) is 22.3 Å². The van der Waals surface area contributed by atoms with Gasteiger partial charge < -0.3 is 5.11 Å². The lowest BCUT2D eigenvalue weighted by Gasteiger charge is -2.23. The van der Waals surface area contributed by atoms with Gasteiger partial charge in [-0.3, -0.25) is 4.84 Å². The number of phenolic OH excluding ortho intramolecular Hbond substituents is 1. The normalized spacial score (nSPS) is 11.7. The van der Waals surface area contributed by atoms with E-state index in [9.17, 15) is 5.11 Å². The first-order chi connectivity index (χ1) is 5.99. The lowest BCUT2D eigenvalue weighted by atomic mass is 9.97. The van der Waals surface area contributed by atoms with Crippen LogP contribution in [0.25, 0.3) is 0 Å². The van der Waals surface area contributed by atoms with Gasteiger partial charge in [-0.05, 0) is 19.9 Å². The van der Waals surface area contributed by atoms with Gasteiger partial charge in [-0.2, -0.15) is 0 Å². The molecule has 4 heteroatoms. The van der Waals surface area contributed by atoms with Crippen LogP contribution in [0.1, 0.15) is 19.4 Å². The van der Waals surface area contributed by atoms with Crippen molar-refractivity contribution in [2.45, 2.75) is 19.4 Å². The van der Waals surface area contributed by atoms with Gasteiger partial charge in [-0.15, -0.1) is 0 Å². The molecule has 0 bridgehead atoms. The molecule has 0 radical (unpaired) electrons. The number of para-hydroxylation sites is 1. The van der Waals surface area contributed by atoms with Crippen LogP contribution in [0.15, 0.2) is 18.2 Å². The minimum atomic E-state index is -0.741. The van der Waals surface area contributed by atoms with Gasteiger partial charge >= 0.3 is 0 Å². The Bertz CT molecular complexity index is 312. The number of benzene rings is 1. The van der Waals surface area contributed by atoms with Gasteiger partial charge in [0.2, 0.25) is 0 Å². The second-order valence-corrected chi connectivity index (χ2v) is 3.67. The van der Waals surface area contributed by atoms with Gasteiger partial charge in [0.25, 0.3) is 0 Å². The van der Waals surface area contributed by atoms with Gasteiger partial charge in [0.1, 0.15) is 11.4 Å². The summed E-state index contributed by atoms with van der Waals surface area (Å²) in [6.07, 6.45) is 0. The van der Waals surface area contributed by atoms with Crippen LogP contribution >= 0.6 is 11.6 Å². The number of nitrogens with two attached hydrogens (primary N) is 1. The largest absolute Gasteiger partial charge is 0.506 e. The summed E-state index contributed by atoms with van der Waals surface area (Å²) in [5.41, 5.74) is -0.169. The van der Waals surface area contributed by atoms with E-state index < -0.39 is 5.60 Å².